The number of thiophene rings is 1. The summed E-state index contributed by atoms with van der Waals surface area (Å²) in [7, 11) is -3.49. The van der Waals surface area contributed by atoms with Crippen LogP contribution in [0.5, 0.6) is 0 Å². The van der Waals surface area contributed by atoms with Gasteiger partial charge >= 0.3 is 0 Å². The molecule has 0 bridgehead atoms. The topological polar surface area (TPSA) is 72.2 Å². The second-order valence-corrected chi connectivity index (χ2v) is 5.96. The molecule has 0 amide bonds. The molecule has 0 radical (unpaired) electrons. The first-order chi connectivity index (χ1) is 6.43. The van der Waals surface area contributed by atoms with Crippen LogP contribution in [0.25, 0.3) is 0 Å². The van der Waals surface area contributed by atoms with Gasteiger partial charge in [0, 0.05) is 5.38 Å². The SMILES string of the molecule is CC(C(N)=S)S(=O)(=O)Nc1ccsc1. The van der Waals surface area contributed by atoms with Crippen LogP contribution in [0.1, 0.15) is 6.92 Å². The van der Waals surface area contributed by atoms with Gasteiger partial charge < -0.3 is 5.73 Å². The maximum atomic E-state index is 11.6. The highest BCUT2D eigenvalue weighted by molar-refractivity contribution is 7.95. The number of thiocarbonyl (C=S) groups is 1. The summed E-state index contributed by atoms with van der Waals surface area (Å²) < 4.78 is 25.5. The Kier molecular flexibility index (Phi) is 3.46. The van der Waals surface area contributed by atoms with E-state index in [1.165, 1.54) is 18.3 Å². The van der Waals surface area contributed by atoms with Crippen LogP contribution in [0.4, 0.5) is 5.69 Å². The zero-order valence-corrected chi connectivity index (χ0v) is 9.88. The van der Waals surface area contributed by atoms with E-state index in [1.807, 2.05) is 0 Å². The van der Waals surface area contributed by atoms with Crippen molar-refractivity contribution in [3.8, 4) is 0 Å². The second-order valence-electron chi connectivity index (χ2n) is 2.70. The summed E-state index contributed by atoms with van der Waals surface area (Å²) in [4.78, 5) is -0.0345. The average molecular weight is 250 g/mol. The number of rotatable bonds is 4. The largest absolute Gasteiger partial charge is 0.392 e. The Labute approximate surface area is 92.2 Å². The van der Waals surface area contributed by atoms with Crippen molar-refractivity contribution >= 4 is 44.3 Å². The third kappa shape index (κ3) is 2.66. The summed E-state index contributed by atoms with van der Waals surface area (Å²) in [5, 5.41) is 2.62. The average Bonchev–Trinajstić information content (AvgIpc) is 2.54. The maximum absolute atomic E-state index is 11.6. The number of nitrogens with two attached hydrogens (primary N) is 1. The molecular weight excluding hydrogens is 240 g/mol. The molecule has 0 saturated heterocycles. The van der Waals surface area contributed by atoms with Gasteiger partial charge in [-0.2, -0.15) is 11.3 Å². The minimum absolute atomic E-state index is 0.0345. The Balaban J connectivity index is 2.83. The van der Waals surface area contributed by atoms with Crippen molar-refractivity contribution in [2.24, 2.45) is 5.73 Å². The van der Waals surface area contributed by atoms with Crippen molar-refractivity contribution in [1.82, 2.24) is 0 Å². The molecular formula is C7H10N2O2S3. The quantitative estimate of drug-likeness (QED) is 0.787. The Morgan fingerprint density at radius 3 is 2.79 bits per heavy atom. The molecule has 0 aliphatic heterocycles. The van der Waals surface area contributed by atoms with Crippen LogP contribution in [0.3, 0.4) is 0 Å². The number of hydrogen-bond acceptors (Lipinski definition) is 4. The van der Waals surface area contributed by atoms with Gasteiger partial charge in [-0.15, -0.1) is 0 Å². The molecule has 0 saturated carbocycles. The summed E-state index contributed by atoms with van der Waals surface area (Å²) in [5.41, 5.74) is 5.81. The van der Waals surface area contributed by atoms with Gasteiger partial charge in [-0.3, -0.25) is 4.72 Å². The smallest absolute Gasteiger partial charge is 0.241 e. The van der Waals surface area contributed by atoms with Crippen LogP contribution < -0.4 is 10.5 Å². The molecule has 1 aromatic rings. The van der Waals surface area contributed by atoms with Crippen molar-refractivity contribution in [3.05, 3.63) is 16.8 Å². The summed E-state index contributed by atoms with van der Waals surface area (Å²) in [6.07, 6.45) is 0. The first kappa shape index (κ1) is 11.4. The van der Waals surface area contributed by atoms with Crippen molar-refractivity contribution < 1.29 is 8.42 Å². The Morgan fingerprint density at radius 2 is 2.36 bits per heavy atom. The Morgan fingerprint density at radius 1 is 1.71 bits per heavy atom. The molecule has 1 heterocycles. The fraction of sp³-hybridized carbons (Fsp3) is 0.286. The summed E-state index contributed by atoms with van der Waals surface area (Å²) in [5.74, 6) is 0. The van der Waals surface area contributed by atoms with E-state index < -0.39 is 15.3 Å². The third-order valence-electron chi connectivity index (χ3n) is 1.65. The van der Waals surface area contributed by atoms with Crippen molar-refractivity contribution in [2.75, 3.05) is 4.72 Å². The van der Waals surface area contributed by atoms with E-state index in [1.54, 1.807) is 16.8 Å². The molecule has 1 atom stereocenters. The molecule has 0 spiro atoms. The minimum Gasteiger partial charge on any atom is -0.392 e. The van der Waals surface area contributed by atoms with Crippen LogP contribution in [0, 0.1) is 0 Å². The Hall–Kier alpha value is -0.660. The zero-order chi connectivity index (χ0) is 10.8. The molecule has 1 rings (SSSR count). The first-order valence-electron chi connectivity index (χ1n) is 3.76. The van der Waals surface area contributed by atoms with Gasteiger partial charge in [0.2, 0.25) is 10.0 Å². The monoisotopic (exact) mass is 250 g/mol. The number of anilines is 1. The van der Waals surface area contributed by atoms with Crippen molar-refractivity contribution in [1.29, 1.82) is 0 Å². The standard InChI is InChI=1S/C7H10N2O2S3/c1-5(7(8)12)14(10,11)9-6-2-3-13-4-6/h2-5,9H,1H3,(H2,8,12). The summed E-state index contributed by atoms with van der Waals surface area (Å²) >= 11 is 6.03. The van der Waals surface area contributed by atoms with Gasteiger partial charge in [-0.25, -0.2) is 8.42 Å². The molecule has 1 aromatic heterocycles. The van der Waals surface area contributed by atoms with Crippen molar-refractivity contribution in [2.45, 2.75) is 12.2 Å². The van der Waals surface area contributed by atoms with Crippen LogP contribution in [-0.4, -0.2) is 18.7 Å². The van der Waals surface area contributed by atoms with E-state index in [2.05, 4.69) is 16.9 Å². The van der Waals surface area contributed by atoms with Crippen LogP contribution in [-0.2, 0) is 10.0 Å². The van der Waals surface area contributed by atoms with E-state index in [-0.39, 0.29) is 4.99 Å². The minimum atomic E-state index is -3.49. The number of nitrogens with one attached hydrogen (secondary N) is 1. The molecule has 3 N–H and O–H groups in total. The van der Waals surface area contributed by atoms with E-state index in [9.17, 15) is 8.42 Å². The first-order valence-corrected chi connectivity index (χ1v) is 6.66. The zero-order valence-electron chi connectivity index (χ0n) is 7.43. The van der Waals surface area contributed by atoms with E-state index in [4.69, 9.17) is 5.73 Å². The maximum Gasteiger partial charge on any atom is 0.241 e. The molecule has 78 valence electrons. The summed E-state index contributed by atoms with van der Waals surface area (Å²) in [6, 6.07) is 1.68. The predicted octanol–water partition coefficient (Wildman–Crippen LogP) is 1.16. The molecule has 14 heavy (non-hydrogen) atoms. The van der Waals surface area contributed by atoms with Crippen LogP contribution in [0.2, 0.25) is 0 Å². The Bertz CT molecular complexity index is 410. The predicted molar refractivity (Wildman–Crippen MR) is 63.1 cm³/mol. The molecule has 0 aromatic carbocycles. The lowest BCUT2D eigenvalue weighted by Crippen LogP contribution is -2.35. The highest BCUT2D eigenvalue weighted by Gasteiger charge is 2.23. The number of sulfonamides is 1. The third-order valence-corrected chi connectivity index (χ3v) is 4.54. The molecule has 0 fully saturated rings. The molecule has 7 heteroatoms. The van der Waals surface area contributed by atoms with E-state index in [0.29, 0.717) is 5.69 Å². The van der Waals surface area contributed by atoms with Gasteiger partial charge in [0.15, 0.2) is 0 Å². The highest BCUT2D eigenvalue weighted by Crippen LogP contribution is 2.15. The lowest BCUT2D eigenvalue weighted by Gasteiger charge is -2.11. The lowest BCUT2D eigenvalue weighted by atomic mass is 10.5. The molecule has 0 aliphatic carbocycles. The van der Waals surface area contributed by atoms with Gasteiger partial charge in [-0.1, -0.05) is 12.2 Å². The van der Waals surface area contributed by atoms with Gasteiger partial charge in [0.05, 0.1) is 10.7 Å². The van der Waals surface area contributed by atoms with E-state index in [0.717, 1.165) is 0 Å². The molecule has 4 nitrogen and oxygen atoms in total. The fourth-order valence-electron chi connectivity index (χ4n) is 0.728. The number of hydrogen-bond donors (Lipinski definition) is 2. The second kappa shape index (κ2) is 4.24. The molecule has 1 unspecified atom stereocenters. The van der Waals surface area contributed by atoms with Crippen molar-refractivity contribution in [3.63, 3.8) is 0 Å². The normalized spacial score (nSPS) is 13.5. The van der Waals surface area contributed by atoms with Gasteiger partial charge in [0.1, 0.15) is 5.25 Å². The lowest BCUT2D eigenvalue weighted by molar-refractivity contribution is 0.598. The van der Waals surface area contributed by atoms with Crippen LogP contribution in [0.15, 0.2) is 16.8 Å². The summed E-state index contributed by atoms with van der Waals surface area (Å²) in [6.45, 7) is 1.46. The van der Waals surface area contributed by atoms with Gasteiger partial charge in [0.25, 0.3) is 0 Å². The molecule has 0 aliphatic rings. The fourth-order valence-corrected chi connectivity index (χ4v) is 2.71. The van der Waals surface area contributed by atoms with Crippen LogP contribution >= 0.6 is 23.6 Å². The van der Waals surface area contributed by atoms with Gasteiger partial charge in [-0.05, 0) is 18.4 Å². The highest BCUT2D eigenvalue weighted by atomic mass is 32.2. The van der Waals surface area contributed by atoms with E-state index >= 15 is 0 Å².